The predicted molar refractivity (Wildman–Crippen MR) is 34.7 cm³/mol. The highest BCUT2D eigenvalue weighted by Gasteiger charge is 2.34. The van der Waals surface area contributed by atoms with Crippen LogP contribution >= 0.6 is 0 Å². The van der Waals surface area contributed by atoms with E-state index in [9.17, 15) is 9.59 Å². The summed E-state index contributed by atoms with van der Waals surface area (Å²) in [5.41, 5.74) is 2.53. The Morgan fingerprint density at radius 3 is 2.40 bits per heavy atom. The van der Waals surface area contributed by atoms with Gasteiger partial charge in [0.25, 0.3) is 0 Å². The second kappa shape index (κ2) is 2.38. The number of nitrogens with one attached hydrogen (secondary N) is 1. The molecule has 0 radical (unpaired) electrons. The largest absolute Gasteiger partial charge is 0.273 e. The van der Waals surface area contributed by atoms with Gasteiger partial charge in [0, 0.05) is 19.4 Å². The van der Waals surface area contributed by atoms with Crippen LogP contribution in [0.15, 0.2) is 0 Å². The minimum atomic E-state index is -0.153. The molecule has 1 aliphatic heterocycles. The molecule has 0 aromatic rings. The lowest BCUT2D eigenvalue weighted by molar-refractivity contribution is -0.142. The summed E-state index contributed by atoms with van der Waals surface area (Å²) in [5.74, 6) is -0.424. The summed E-state index contributed by atoms with van der Waals surface area (Å²) in [6.07, 6.45) is 0.333. The number of carbonyl (C=O) groups excluding carboxylic acids is 2. The molecule has 0 spiro atoms. The molecule has 4 heteroatoms. The van der Waals surface area contributed by atoms with Crippen molar-refractivity contribution < 1.29 is 9.59 Å². The highest BCUT2D eigenvalue weighted by molar-refractivity contribution is 6.02. The van der Waals surface area contributed by atoms with Crippen molar-refractivity contribution in [2.24, 2.45) is 5.92 Å². The summed E-state index contributed by atoms with van der Waals surface area (Å²) in [7, 11) is 1.56. The smallest absolute Gasteiger partial charge is 0.247 e. The molecule has 0 aromatic carbocycles. The molecule has 1 heterocycles. The SMILES string of the molecule is CNN1C(=O)CC(C)C1=O. The molecule has 4 nitrogen and oxygen atoms in total. The van der Waals surface area contributed by atoms with Gasteiger partial charge in [-0.05, 0) is 0 Å². The molecule has 1 rings (SSSR count). The topological polar surface area (TPSA) is 49.4 Å². The lowest BCUT2D eigenvalue weighted by atomic mass is 10.1. The van der Waals surface area contributed by atoms with Crippen molar-refractivity contribution in [3.63, 3.8) is 0 Å². The molecule has 2 amide bonds. The number of imide groups is 1. The first-order valence-corrected chi connectivity index (χ1v) is 3.21. The van der Waals surface area contributed by atoms with E-state index in [1.165, 1.54) is 0 Å². The van der Waals surface area contributed by atoms with Crippen LogP contribution in [-0.2, 0) is 9.59 Å². The number of carbonyl (C=O) groups is 2. The van der Waals surface area contributed by atoms with E-state index in [-0.39, 0.29) is 17.7 Å². The molecule has 1 N–H and O–H groups in total. The van der Waals surface area contributed by atoms with Gasteiger partial charge in [0.15, 0.2) is 0 Å². The molecule has 0 saturated carbocycles. The molecule has 1 atom stereocenters. The van der Waals surface area contributed by atoms with Crippen molar-refractivity contribution >= 4 is 11.8 Å². The number of nitrogens with zero attached hydrogens (tertiary/aromatic N) is 1. The maximum absolute atomic E-state index is 11.0. The second-order valence-electron chi connectivity index (χ2n) is 2.40. The van der Waals surface area contributed by atoms with E-state index in [0.29, 0.717) is 6.42 Å². The van der Waals surface area contributed by atoms with Crippen molar-refractivity contribution in [2.45, 2.75) is 13.3 Å². The molecule has 1 aliphatic rings. The zero-order chi connectivity index (χ0) is 7.72. The summed E-state index contributed by atoms with van der Waals surface area (Å²) >= 11 is 0. The van der Waals surface area contributed by atoms with E-state index < -0.39 is 0 Å². The van der Waals surface area contributed by atoms with Crippen molar-refractivity contribution in [3.8, 4) is 0 Å². The normalized spacial score (nSPS) is 26.2. The Kier molecular flexibility index (Phi) is 1.72. The standard InChI is InChI=1S/C6H10N2O2/c1-4-3-5(9)8(7-2)6(4)10/h4,7H,3H2,1-2H3. The third kappa shape index (κ3) is 0.903. The van der Waals surface area contributed by atoms with E-state index in [1.54, 1.807) is 14.0 Å². The Balaban J connectivity index is 2.74. The van der Waals surface area contributed by atoms with Gasteiger partial charge in [-0.1, -0.05) is 6.92 Å². The first-order chi connectivity index (χ1) is 4.66. The zero-order valence-electron chi connectivity index (χ0n) is 6.05. The zero-order valence-corrected chi connectivity index (χ0v) is 6.05. The molecule has 1 fully saturated rings. The monoisotopic (exact) mass is 142 g/mol. The van der Waals surface area contributed by atoms with E-state index in [1.807, 2.05) is 0 Å². The van der Waals surface area contributed by atoms with E-state index >= 15 is 0 Å². The van der Waals surface area contributed by atoms with E-state index in [4.69, 9.17) is 0 Å². The lowest BCUT2D eigenvalue weighted by Crippen LogP contribution is -2.40. The van der Waals surface area contributed by atoms with Gasteiger partial charge in [-0.3, -0.25) is 9.59 Å². The Bertz CT molecular complexity index is 179. The highest BCUT2D eigenvalue weighted by Crippen LogP contribution is 2.15. The summed E-state index contributed by atoms with van der Waals surface area (Å²) in [6, 6.07) is 0. The predicted octanol–water partition coefficient (Wildman–Crippen LogP) is -0.484. The van der Waals surface area contributed by atoms with Crippen molar-refractivity contribution in [1.29, 1.82) is 0 Å². The molecule has 1 unspecified atom stereocenters. The van der Waals surface area contributed by atoms with Crippen LogP contribution in [0.3, 0.4) is 0 Å². The third-order valence-electron chi connectivity index (χ3n) is 1.60. The summed E-state index contributed by atoms with van der Waals surface area (Å²) in [4.78, 5) is 21.9. The number of hydrogen-bond acceptors (Lipinski definition) is 3. The molecular formula is C6H10N2O2. The minimum absolute atomic E-state index is 0.132. The van der Waals surface area contributed by atoms with E-state index in [2.05, 4.69) is 5.43 Å². The highest BCUT2D eigenvalue weighted by atomic mass is 16.2. The maximum Gasteiger partial charge on any atom is 0.247 e. The van der Waals surface area contributed by atoms with Gasteiger partial charge in [-0.15, -0.1) is 0 Å². The van der Waals surface area contributed by atoms with Crippen molar-refractivity contribution in [1.82, 2.24) is 10.4 Å². The summed E-state index contributed by atoms with van der Waals surface area (Å²) in [5, 5.41) is 1.06. The molecule has 0 aromatic heterocycles. The average molecular weight is 142 g/mol. The van der Waals surface area contributed by atoms with Gasteiger partial charge in [-0.25, -0.2) is 10.4 Å². The van der Waals surface area contributed by atoms with Gasteiger partial charge >= 0.3 is 0 Å². The van der Waals surface area contributed by atoms with Crippen LogP contribution in [0, 0.1) is 5.92 Å². The van der Waals surface area contributed by atoms with E-state index in [0.717, 1.165) is 5.01 Å². The number of hydrazine groups is 1. The molecule has 56 valence electrons. The third-order valence-corrected chi connectivity index (χ3v) is 1.60. The van der Waals surface area contributed by atoms with Crippen LogP contribution in [-0.4, -0.2) is 23.9 Å². The first kappa shape index (κ1) is 7.21. The van der Waals surface area contributed by atoms with Crippen molar-refractivity contribution in [2.75, 3.05) is 7.05 Å². The van der Waals surface area contributed by atoms with Crippen LogP contribution in [0.1, 0.15) is 13.3 Å². The number of amides is 2. The Labute approximate surface area is 59.2 Å². The van der Waals surface area contributed by atoms with Gasteiger partial charge in [0.1, 0.15) is 0 Å². The maximum atomic E-state index is 11.0. The van der Waals surface area contributed by atoms with Gasteiger partial charge in [-0.2, -0.15) is 0 Å². The molecule has 10 heavy (non-hydrogen) atoms. The summed E-state index contributed by atoms with van der Waals surface area (Å²) in [6.45, 7) is 1.75. The Hall–Kier alpha value is -0.900. The number of hydrogen-bond donors (Lipinski definition) is 1. The average Bonchev–Trinajstić information content (AvgIpc) is 2.09. The molecule has 0 aliphatic carbocycles. The van der Waals surface area contributed by atoms with Crippen LogP contribution in [0.4, 0.5) is 0 Å². The second-order valence-corrected chi connectivity index (χ2v) is 2.40. The molecular weight excluding hydrogens is 132 g/mol. The Morgan fingerprint density at radius 2 is 2.20 bits per heavy atom. The fourth-order valence-electron chi connectivity index (χ4n) is 1.02. The number of rotatable bonds is 1. The molecule has 1 saturated heterocycles. The lowest BCUT2D eigenvalue weighted by Gasteiger charge is -2.10. The van der Waals surface area contributed by atoms with Crippen LogP contribution in [0.2, 0.25) is 0 Å². The summed E-state index contributed by atoms with van der Waals surface area (Å²) < 4.78 is 0. The van der Waals surface area contributed by atoms with Crippen LogP contribution in [0.5, 0.6) is 0 Å². The minimum Gasteiger partial charge on any atom is -0.273 e. The molecule has 0 bridgehead atoms. The van der Waals surface area contributed by atoms with Crippen LogP contribution < -0.4 is 5.43 Å². The van der Waals surface area contributed by atoms with Gasteiger partial charge < -0.3 is 0 Å². The fourth-order valence-corrected chi connectivity index (χ4v) is 1.02. The Morgan fingerprint density at radius 1 is 1.60 bits per heavy atom. The quantitative estimate of drug-likeness (QED) is 0.503. The van der Waals surface area contributed by atoms with Gasteiger partial charge in [0.05, 0.1) is 0 Å². The first-order valence-electron chi connectivity index (χ1n) is 3.21. The van der Waals surface area contributed by atoms with Crippen LogP contribution in [0.25, 0.3) is 0 Å². The van der Waals surface area contributed by atoms with Gasteiger partial charge in [0.2, 0.25) is 11.8 Å². The van der Waals surface area contributed by atoms with Crippen molar-refractivity contribution in [3.05, 3.63) is 0 Å². The fraction of sp³-hybridized carbons (Fsp3) is 0.667.